The fourth-order valence-corrected chi connectivity index (χ4v) is 1.76. The Hall–Kier alpha value is -0.770. The number of hydrogen-bond donors (Lipinski definition) is 0. The van der Waals surface area contributed by atoms with Crippen LogP contribution < -0.4 is 0 Å². The summed E-state index contributed by atoms with van der Waals surface area (Å²) in [5, 5.41) is 0. The Bertz CT molecular complexity index is 222. The second-order valence-electron chi connectivity index (χ2n) is 4.93. The zero-order chi connectivity index (χ0) is 11.5. The molecule has 4 heteroatoms. The molecule has 15 heavy (non-hydrogen) atoms. The minimum Gasteiger partial charge on any atom is -0.444 e. The first-order valence-electron chi connectivity index (χ1n) is 5.42. The molecule has 1 fully saturated rings. The maximum Gasteiger partial charge on any atom is 0.410 e. The molecular weight excluding hydrogens is 194 g/mol. The van der Waals surface area contributed by atoms with E-state index >= 15 is 0 Å². The molecule has 0 radical (unpaired) electrons. The molecule has 0 aromatic carbocycles. The molecule has 1 atom stereocenters. The van der Waals surface area contributed by atoms with Crippen LogP contribution in [0.4, 0.5) is 4.79 Å². The molecule has 1 aliphatic heterocycles. The molecule has 0 bridgehead atoms. The number of hydrogen-bond acceptors (Lipinski definition) is 3. The molecule has 0 saturated carbocycles. The van der Waals surface area contributed by atoms with E-state index in [2.05, 4.69) is 0 Å². The summed E-state index contributed by atoms with van der Waals surface area (Å²) >= 11 is 0. The minimum atomic E-state index is -0.419. The summed E-state index contributed by atoms with van der Waals surface area (Å²) in [5.74, 6) is 0. The largest absolute Gasteiger partial charge is 0.444 e. The van der Waals surface area contributed by atoms with Gasteiger partial charge < -0.3 is 14.4 Å². The SMILES string of the molecule is COCC1CCCN1C(=O)OC(C)(C)C. The molecule has 0 aromatic heterocycles. The van der Waals surface area contributed by atoms with Crippen molar-refractivity contribution in [1.82, 2.24) is 4.90 Å². The van der Waals surface area contributed by atoms with Crippen LogP contribution in [0.1, 0.15) is 33.6 Å². The third-order valence-corrected chi connectivity index (χ3v) is 2.36. The van der Waals surface area contributed by atoms with E-state index in [1.165, 1.54) is 0 Å². The average molecular weight is 215 g/mol. The molecule has 1 aliphatic rings. The summed E-state index contributed by atoms with van der Waals surface area (Å²) in [6.07, 6.45) is 1.82. The van der Waals surface area contributed by atoms with Crippen LogP contribution in [0.5, 0.6) is 0 Å². The highest BCUT2D eigenvalue weighted by atomic mass is 16.6. The number of carbonyl (C=O) groups is 1. The Kier molecular flexibility index (Phi) is 3.97. The number of carbonyl (C=O) groups excluding carboxylic acids is 1. The molecule has 0 spiro atoms. The van der Waals surface area contributed by atoms with Gasteiger partial charge in [0, 0.05) is 13.7 Å². The lowest BCUT2D eigenvalue weighted by Gasteiger charge is -2.28. The van der Waals surface area contributed by atoms with Gasteiger partial charge in [-0.15, -0.1) is 0 Å². The second-order valence-corrected chi connectivity index (χ2v) is 4.93. The van der Waals surface area contributed by atoms with Crippen molar-refractivity contribution in [3.05, 3.63) is 0 Å². The predicted molar refractivity (Wildman–Crippen MR) is 57.8 cm³/mol. The normalized spacial score (nSPS) is 21.9. The van der Waals surface area contributed by atoms with Gasteiger partial charge in [0.15, 0.2) is 0 Å². The van der Waals surface area contributed by atoms with Crippen LogP contribution in [-0.4, -0.2) is 42.9 Å². The number of methoxy groups -OCH3 is 1. The average Bonchev–Trinajstić information content (AvgIpc) is 2.49. The van der Waals surface area contributed by atoms with E-state index < -0.39 is 5.60 Å². The molecule has 1 heterocycles. The third kappa shape index (κ3) is 3.70. The summed E-state index contributed by atoms with van der Waals surface area (Å²) < 4.78 is 10.4. The molecule has 0 N–H and O–H groups in total. The van der Waals surface area contributed by atoms with Crippen molar-refractivity contribution in [3.63, 3.8) is 0 Å². The van der Waals surface area contributed by atoms with Crippen LogP contribution in [0.15, 0.2) is 0 Å². The minimum absolute atomic E-state index is 0.185. The third-order valence-electron chi connectivity index (χ3n) is 2.36. The molecule has 88 valence electrons. The first-order valence-corrected chi connectivity index (χ1v) is 5.42. The van der Waals surface area contributed by atoms with Gasteiger partial charge in [-0.05, 0) is 33.6 Å². The Labute approximate surface area is 91.5 Å². The lowest BCUT2D eigenvalue weighted by atomic mass is 10.2. The zero-order valence-corrected chi connectivity index (χ0v) is 10.1. The Morgan fingerprint density at radius 1 is 1.47 bits per heavy atom. The first kappa shape index (κ1) is 12.3. The van der Waals surface area contributed by atoms with E-state index in [-0.39, 0.29) is 12.1 Å². The number of ether oxygens (including phenoxy) is 2. The number of amides is 1. The fraction of sp³-hybridized carbons (Fsp3) is 0.909. The molecule has 1 saturated heterocycles. The van der Waals surface area contributed by atoms with Gasteiger partial charge in [0.1, 0.15) is 5.60 Å². The van der Waals surface area contributed by atoms with Crippen molar-refractivity contribution in [1.29, 1.82) is 0 Å². The van der Waals surface area contributed by atoms with Crippen molar-refractivity contribution in [3.8, 4) is 0 Å². The molecule has 1 unspecified atom stereocenters. The van der Waals surface area contributed by atoms with E-state index in [1.54, 1.807) is 12.0 Å². The van der Waals surface area contributed by atoms with Gasteiger partial charge in [-0.1, -0.05) is 0 Å². The topological polar surface area (TPSA) is 38.8 Å². The fourth-order valence-electron chi connectivity index (χ4n) is 1.76. The summed E-state index contributed by atoms with van der Waals surface area (Å²) in [5.41, 5.74) is -0.419. The predicted octanol–water partition coefficient (Wildman–Crippen LogP) is 2.03. The zero-order valence-electron chi connectivity index (χ0n) is 10.1. The van der Waals surface area contributed by atoms with Crippen LogP contribution in [0, 0.1) is 0 Å². The quantitative estimate of drug-likeness (QED) is 0.707. The Balaban J connectivity index is 2.51. The molecule has 4 nitrogen and oxygen atoms in total. The second kappa shape index (κ2) is 4.84. The summed E-state index contributed by atoms with van der Waals surface area (Å²) in [7, 11) is 1.66. The summed E-state index contributed by atoms with van der Waals surface area (Å²) in [6, 6.07) is 0.185. The number of likely N-dealkylation sites (tertiary alicyclic amines) is 1. The highest BCUT2D eigenvalue weighted by Gasteiger charge is 2.31. The van der Waals surface area contributed by atoms with Gasteiger partial charge in [-0.2, -0.15) is 0 Å². The first-order chi connectivity index (χ1) is 6.94. The van der Waals surface area contributed by atoms with Crippen molar-refractivity contribution in [2.75, 3.05) is 20.3 Å². The van der Waals surface area contributed by atoms with Crippen molar-refractivity contribution < 1.29 is 14.3 Å². The van der Waals surface area contributed by atoms with E-state index in [0.717, 1.165) is 19.4 Å². The van der Waals surface area contributed by atoms with Crippen LogP contribution in [0.25, 0.3) is 0 Å². The summed E-state index contributed by atoms with van der Waals surface area (Å²) in [6.45, 7) is 7.02. The highest BCUT2D eigenvalue weighted by molar-refractivity contribution is 5.68. The Morgan fingerprint density at radius 3 is 2.67 bits per heavy atom. The Morgan fingerprint density at radius 2 is 2.13 bits per heavy atom. The number of rotatable bonds is 2. The molecule has 1 rings (SSSR count). The van der Waals surface area contributed by atoms with Gasteiger partial charge >= 0.3 is 6.09 Å². The summed E-state index contributed by atoms with van der Waals surface area (Å²) in [4.78, 5) is 13.6. The highest BCUT2D eigenvalue weighted by Crippen LogP contribution is 2.20. The molecule has 0 aliphatic carbocycles. The molecule has 0 aromatic rings. The van der Waals surface area contributed by atoms with Crippen molar-refractivity contribution in [2.45, 2.75) is 45.3 Å². The van der Waals surface area contributed by atoms with Crippen LogP contribution in [0.2, 0.25) is 0 Å². The van der Waals surface area contributed by atoms with Crippen LogP contribution in [-0.2, 0) is 9.47 Å². The van der Waals surface area contributed by atoms with Crippen molar-refractivity contribution >= 4 is 6.09 Å². The van der Waals surface area contributed by atoms with Gasteiger partial charge in [0.2, 0.25) is 0 Å². The maximum atomic E-state index is 11.8. The van der Waals surface area contributed by atoms with E-state index in [0.29, 0.717) is 6.61 Å². The number of nitrogens with zero attached hydrogens (tertiary/aromatic N) is 1. The van der Waals surface area contributed by atoms with E-state index in [9.17, 15) is 4.79 Å². The lowest BCUT2D eigenvalue weighted by molar-refractivity contribution is 0.0148. The van der Waals surface area contributed by atoms with Gasteiger partial charge in [-0.25, -0.2) is 4.79 Å². The van der Waals surface area contributed by atoms with Gasteiger partial charge in [-0.3, -0.25) is 0 Å². The van der Waals surface area contributed by atoms with Crippen LogP contribution in [0.3, 0.4) is 0 Å². The standard InChI is InChI=1S/C11H21NO3/c1-11(2,3)15-10(13)12-7-5-6-9(12)8-14-4/h9H,5-8H2,1-4H3. The van der Waals surface area contributed by atoms with Gasteiger partial charge in [0.05, 0.1) is 12.6 Å². The van der Waals surface area contributed by atoms with Crippen LogP contribution >= 0.6 is 0 Å². The molecule has 1 amide bonds. The van der Waals surface area contributed by atoms with E-state index in [1.807, 2.05) is 20.8 Å². The maximum absolute atomic E-state index is 11.8. The van der Waals surface area contributed by atoms with Gasteiger partial charge in [0.25, 0.3) is 0 Å². The molecular formula is C11H21NO3. The lowest BCUT2D eigenvalue weighted by Crippen LogP contribution is -2.41. The van der Waals surface area contributed by atoms with Crippen molar-refractivity contribution in [2.24, 2.45) is 0 Å². The smallest absolute Gasteiger partial charge is 0.410 e. The monoisotopic (exact) mass is 215 g/mol. The van der Waals surface area contributed by atoms with E-state index in [4.69, 9.17) is 9.47 Å².